The van der Waals surface area contributed by atoms with Crippen LogP contribution in [0.5, 0.6) is 0 Å². The summed E-state index contributed by atoms with van der Waals surface area (Å²) in [6.45, 7) is 4.57. The molecule has 0 aliphatic carbocycles. The van der Waals surface area contributed by atoms with Gasteiger partial charge in [-0.25, -0.2) is 8.42 Å². The van der Waals surface area contributed by atoms with E-state index < -0.39 is 10.0 Å². The van der Waals surface area contributed by atoms with E-state index in [4.69, 9.17) is 0 Å². The summed E-state index contributed by atoms with van der Waals surface area (Å²) in [6, 6.07) is 3.97. The van der Waals surface area contributed by atoms with E-state index in [2.05, 4.69) is 10.3 Å². The first-order valence-electron chi connectivity index (χ1n) is 6.15. The Labute approximate surface area is 108 Å². The maximum absolute atomic E-state index is 12.0. The van der Waals surface area contributed by atoms with Gasteiger partial charge in [0.1, 0.15) is 0 Å². The van der Waals surface area contributed by atoms with Crippen LogP contribution in [0, 0.1) is 0 Å². The van der Waals surface area contributed by atoms with E-state index >= 15 is 0 Å². The molecular formula is C12H19N3O2S. The fraction of sp³-hybridized carbons (Fsp3) is 0.583. The molecule has 1 N–H and O–H groups in total. The van der Waals surface area contributed by atoms with Gasteiger partial charge in [0.05, 0.1) is 10.9 Å². The Morgan fingerprint density at radius 2 is 2.28 bits per heavy atom. The first kappa shape index (κ1) is 13.3. The highest BCUT2D eigenvalue weighted by Crippen LogP contribution is 2.20. The molecule has 2 rings (SSSR count). The van der Waals surface area contributed by atoms with Crippen LogP contribution < -0.4 is 5.32 Å². The number of pyridine rings is 1. The quantitative estimate of drug-likeness (QED) is 0.895. The third-order valence-corrected chi connectivity index (χ3v) is 5.38. The molecular weight excluding hydrogens is 250 g/mol. The van der Waals surface area contributed by atoms with Gasteiger partial charge in [0, 0.05) is 31.5 Å². The zero-order valence-corrected chi connectivity index (χ0v) is 11.5. The Kier molecular flexibility index (Phi) is 3.87. The van der Waals surface area contributed by atoms with Crippen molar-refractivity contribution < 1.29 is 8.42 Å². The minimum absolute atomic E-state index is 0.169. The number of anilines is 1. The van der Waals surface area contributed by atoms with Gasteiger partial charge in [-0.3, -0.25) is 4.98 Å². The van der Waals surface area contributed by atoms with Crippen LogP contribution >= 0.6 is 0 Å². The second kappa shape index (κ2) is 5.24. The van der Waals surface area contributed by atoms with E-state index in [1.54, 1.807) is 30.5 Å². The van der Waals surface area contributed by atoms with Crippen LogP contribution in [0.3, 0.4) is 0 Å². The number of rotatable bonds is 4. The van der Waals surface area contributed by atoms with E-state index in [9.17, 15) is 8.42 Å². The van der Waals surface area contributed by atoms with Gasteiger partial charge in [0.2, 0.25) is 10.0 Å². The maximum atomic E-state index is 12.0. The van der Waals surface area contributed by atoms with Crippen molar-refractivity contribution in [2.45, 2.75) is 31.6 Å². The highest BCUT2D eigenvalue weighted by Gasteiger charge is 2.33. The number of hydrogen-bond donors (Lipinski definition) is 1. The minimum Gasteiger partial charge on any atom is -0.380 e. The van der Waals surface area contributed by atoms with Crippen molar-refractivity contribution in [2.75, 3.05) is 18.4 Å². The smallest absolute Gasteiger partial charge is 0.216 e. The van der Waals surface area contributed by atoms with E-state index in [0.717, 1.165) is 12.1 Å². The monoisotopic (exact) mass is 269 g/mol. The fourth-order valence-electron chi connectivity index (χ4n) is 2.06. The zero-order valence-electron chi connectivity index (χ0n) is 10.7. The molecule has 1 saturated heterocycles. The molecule has 0 radical (unpaired) electrons. The number of hydrogen-bond acceptors (Lipinski definition) is 4. The molecule has 0 saturated carbocycles. The zero-order chi connectivity index (χ0) is 13.2. The van der Waals surface area contributed by atoms with Crippen LogP contribution in [0.15, 0.2) is 24.5 Å². The van der Waals surface area contributed by atoms with E-state index in [1.165, 1.54) is 0 Å². The third-order valence-electron chi connectivity index (χ3n) is 3.14. The van der Waals surface area contributed by atoms with Gasteiger partial charge in [-0.15, -0.1) is 0 Å². The molecule has 18 heavy (non-hydrogen) atoms. The SMILES string of the molecule is CC(C)S(=O)(=O)N1CC[C@H](Nc2cccnc2)C1. The highest BCUT2D eigenvalue weighted by atomic mass is 32.2. The second-order valence-corrected chi connectivity index (χ2v) is 7.31. The summed E-state index contributed by atoms with van der Waals surface area (Å²) < 4.78 is 25.6. The van der Waals surface area contributed by atoms with Gasteiger partial charge >= 0.3 is 0 Å². The second-order valence-electron chi connectivity index (χ2n) is 4.82. The van der Waals surface area contributed by atoms with Crippen LogP contribution in [0.25, 0.3) is 0 Å². The summed E-state index contributed by atoms with van der Waals surface area (Å²) in [5.74, 6) is 0. The molecule has 1 aromatic rings. The Hall–Kier alpha value is -1.14. The molecule has 100 valence electrons. The van der Waals surface area contributed by atoms with Crippen LogP contribution in [0.4, 0.5) is 5.69 Å². The van der Waals surface area contributed by atoms with Crippen LogP contribution in [0.1, 0.15) is 20.3 Å². The van der Waals surface area contributed by atoms with Gasteiger partial charge in [0.25, 0.3) is 0 Å². The number of aromatic nitrogens is 1. The summed E-state index contributed by atoms with van der Waals surface area (Å²) in [6.07, 6.45) is 4.30. The number of nitrogens with one attached hydrogen (secondary N) is 1. The lowest BCUT2D eigenvalue weighted by Gasteiger charge is -2.19. The number of nitrogens with zero attached hydrogens (tertiary/aromatic N) is 2. The molecule has 0 amide bonds. The average Bonchev–Trinajstić information content (AvgIpc) is 2.79. The summed E-state index contributed by atoms with van der Waals surface area (Å²) >= 11 is 0. The molecule has 2 heterocycles. The summed E-state index contributed by atoms with van der Waals surface area (Å²) in [5.41, 5.74) is 0.936. The molecule has 1 fully saturated rings. The molecule has 1 atom stereocenters. The molecule has 0 aromatic carbocycles. The van der Waals surface area contributed by atoms with Gasteiger partial charge < -0.3 is 5.32 Å². The largest absolute Gasteiger partial charge is 0.380 e. The first-order valence-corrected chi connectivity index (χ1v) is 7.66. The predicted molar refractivity (Wildman–Crippen MR) is 71.9 cm³/mol. The van der Waals surface area contributed by atoms with Crippen molar-refractivity contribution in [3.05, 3.63) is 24.5 Å². The molecule has 5 nitrogen and oxygen atoms in total. The summed E-state index contributed by atoms with van der Waals surface area (Å²) in [5, 5.41) is 2.96. The molecule has 0 bridgehead atoms. The molecule has 0 spiro atoms. The van der Waals surface area contributed by atoms with Gasteiger partial charge in [-0.2, -0.15) is 4.31 Å². The molecule has 6 heteroatoms. The van der Waals surface area contributed by atoms with E-state index in [0.29, 0.717) is 13.1 Å². The Bertz CT molecular complexity index is 487. The minimum atomic E-state index is -3.12. The van der Waals surface area contributed by atoms with Crippen molar-refractivity contribution in [1.82, 2.24) is 9.29 Å². The Balaban J connectivity index is 1.97. The lowest BCUT2D eigenvalue weighted by molar-refractivity contribution is 0.467. The first-order chi connectivity index (χ1) is 8.50. The fourth-order valence-corrected chi connectivity index (χ4v) is 3.40. The third kappa shape index (κ3) is 2.81. The van der Waals surface area contributed by atoms with Crippen molar-refractivity contribution in [3.63, 3.8) is 0 Å². The van der Waals surface area contributed by atoms with Crippen molar-refractivity contribution in [2.24, 2.45) is 0 Å². The topological polar surface area (TPSA) is 62.3 Å². The van der Waals surface area contributed by atoms with Gasteiger partial charge in [-0.05, 0) is 32.4 Å². The standard InChI is InChI=1S/C12H19N3O2S/c1-10(2)18(16,17)15-7-5-12(9-15)14-11-4-3-6-13-8-11/h3-4,6,8,10,12,14H,5,7,9H2,1-2H3/t12-/m0/s1. The molecule has 1 aromatic heterocycles. The summed E-state index contributed by atoms with van der Waals surface area (Å²) in [7, 11) is -3.12. The van der Waals surface area contributed by atoms with Crippen molar-refractivity contribution in [1.29, 1.82) is 0 Å². The van der Waals surface area contributed by atoms with Crippen LogP contribution in [-0.4, -0.2) is 42.1 Å². The number of sulfonamides is 1. The van der Waals surface area contributed by atoms with E-state index in [1.807, 2.05) is 12.1 Å². The lowest BCUT2D eigenvalue weighted by atomic mass is 10.2. The average molecular weight is 269 g/mol. The molecule has 0 unspecified atom stereocenters. The van der Waals surface area contributed by atoms with Crippen molar-refractivity contribution >= 4 is 15.7 Å². The van der Waals surface area contributed by atoms with Crippen LogP contribution in [0.2, 0.25) is 0 Å². The normalized spacial score (nSPS) is 21.4. The Morgan fingerprint density at radius 1 is 1.50 bits per heavy atom. The Morgan fingerprint density at radius 3 is 2.89 bits per heavy atom. The van der Waals surface area contributed by atoms with Crippen LogP contribution in [-0.2, 0) is 10.0 Å². The lowest BCUT2D eigenvalue weighted by Crippen LogP contribution is -2.36. The van der Waals surface area contributed by atoms with Gasteiger partial charge in [0.15, 0.2) is 0 Å². The molecule has 1 aliphatic rings. The predicted octanol–water partition coefficient (Wildman–Crippen LogP) is 1.31. The highest BCUT2D eigenvalue weighted by molar-refractivity contribution is 7.89. The maximum Gasteiger partial charge on any atom is 0.216 e. The summed E-state index contributed by atoms with van der Waals surface area (Å²) in [4.78, 5) is 4.03. The van der Waals surface area contributed by atoms with Crippen molar-refractivity contribution in [3.8, 4) is 0 Å². The van der Waals surface area contributed by atoms with E-state index in [-0.39, 0.29) is 11.3 Å². The molecule has 1 aliphatic heterocycles. The van der Waals surface area contributed by atoms with Gasteiger partial charge in [-0.1, -0.05) is 0 Å².